The SMILES string of the molecule is CCCC(C(=O)O)N1CCC(O)c2ccccc21. The van der Waals surface area contributed by atoms with E-state index < -0.39 is 18.1 Å². The number of aliphatic carboxylic acids is 1. The molecule has 0 spiro atoms. The zero-order chi connectivity index (χ0) is 13.1. The van der Waals surface area contributed by atoms with Crippen LogP contribution in [0.5, 0.6) is 0 Å². The zero-order valence-electron chi connectivity index (χ0n) is 10.5. The number of carboxylic acids is 1. The summed E-state index contributed by atoms with van der Waals surface area (Å²) >= 11 is 0. The Kier molecular flexibility index (Phi) is 3.87. The number of aliphatic hydroxyl groups excluding tert-OH is 1. The molecule has 0 bridgehead atoms. The lowest BCUT2D eigenvalue weighted by atomic mass is 9.96. The van der Waals surface area contributed by atoms with E-state index >= 15 is 0 Å². The van der Waals surface area contributed by atoms with E-state index in [1.54, 1.807) is 0 Å². The van der Waals surface area contributed by atoms with E-state index in [4.69, 9.17) is 0 Å². The summed E-state index contributed by atoms with van der Waals surface area (Å²) in [5, 5.41) is 19.3. The number of hydrogen-bond acceptors (Lipinski definition) is 3. The van der Waals surface area contributed by atoms with Gasteiger partial charge in [-0.05, 0) is 18.9 Å². The zero-order valence-corrected chi connectivity index (χ0v) is 10.5. The fourth-order valence-corrected chi connectivity index (χ4v) is 2.58. The maximum Gasteiger partial charge on any atom is 0.326 e. The summed E-state index contributed by atoms with van der Waals surface area (Å²) in [5.74, 6) is -0.789. The van der Waals surface area contributed by atoms with Gasteiger partial charge in [0.15, 0.2) is 0 Å². The minimum absolute atomic E-state index is 0.478. The van der Waals surface area contributed by atoms with Gasteiger partial charge in [0.05, 0.1) is 6.10 Å². The first kappa shape index (κ1) is 12.9. The number of para-hydroxylation sites is 1. The Hall–Kier alpha value is -1.55. The lowest BCUT2D eigenvalue weighted by Gasteiger charge is -2.37. The molecule has 4 nitrogen and oxygen atoms in total. The molecule has 0 aliphatic carbocycles. The summed E-state index contributed by atoms with van der Waals surface area (Å²) < 4.78 is 0. The minimum atomic E-state index is -0.789. The topological polar surface area (TPSA) is 60.8 Å². The van der Waals surface area contributed by atoms with Crippen molar-refractivity contribution >= 4 is 11.7 Å². The summed E-state index contributed by atoms with van der Waals surface area (Å²) in [6, 6.07) is 7.03. The van der Waals surface area contributed by atoms with Crippen LogP contribution in [0.3, 0.4) is 0 Å². The molecule has 98 valence electrons. The van der Waals surface area contributed by atoms with Crippen LogP contribution in [0.2, 0.25) is 0 Å². The number of rotatable bonds is 4. The molecule has 0 saturated carbocycles. The first-order valence-corrected chi connectivity index (χ1v) is 6.41. The summed E-state index contributed by atoms with van der Waals surface area (Å²) in [6.07, 6.45) is 1.57. The van der Waals surface area contributed by atoms with Gasteiger partial charge in [0, 0.05) is 17.8 Å². The Labute approximate surface area is 107 Å². The number of anilines is 1. The summed E-state index contributed by atoms with van der Waals surface area (Å²) in [5.41, 5.74) is 1.70. The van der Waals surface area contributed by atoms with Crippen molar-refractivity contribution in [3.63, 3.8) is 0 Å². The second kappa shape index (κ2) is 5.40. The second-order valence-electron chi connectivity index (χ2n) is 4.70. The van der Waals surface area contributed by atoms with Crippen LogP contribution in [0.25, 0.3) is 0 Å². The van der Waals surface area contributed by atoms with Crippen molar-refractivity contribution in [3.05, 3.63) is 29.8 Å². The van der Waals surface area contributed by atoms with Crippen molar-refractivity contribution in [3.8, 4) is 0 Å². The number of fused-ring (bicyclic) bond motifs is 1. The molecular weight excluding hydrogens is 230 g/mol. The fraction of sp³-hybridized carbons (Fsp3) is 0.500. The Morgan fingerprint density at radius 1 is 1.50 bits per heavy atom. The maximum absolute atomic E-state index is 11.4. The standard InChI is InChI=1S/C14H19NO3/c1-2-5-12(14(17)18)15-9-8-13(16)10-6-3-4-7-11(10)15/h3-4,6-7,12-13,16H,2,5,8-9H2,1H3,(H,17,18). The van der Waals surface area contributed by atoms with Gasteiger partial charge >= 0.3 is 5.97 Å². The third-order valence-corrected chi connectivity index (χ3v) is 3.47. The van der Waals surface area contributed by atoms with Crippen LogP contribution in [-0.4, -0.2) is 28.8 Å². The molecule has 0 fully saturated rings. The molecule has 2 unspecified atom stereocenters. The monoisotopic (exact) mass is 249 g/mol. The average molecular weight is 249 g/mol. The number of benzene rings is 1. The highest BCUT2D eigenvalue weighted by Gasteiger charge is 2.31. The van der Waals surface area contributed by atoms with Gasteiger partial charge in [-0.3, -0.25) is 0 Å². The van der Waals surface area contributed by atoms with E-state index in [0.717, 1.165) is 17.7 Å². The van der Waals surface area contributed by atoms with E-state index in [1.165, 1.54) is 0 Å². The van der Waals surface area contributed by atoms with E-state index in [1.807, 2.05) is 36.1 Å². The minimum Gasteiger partial charge on any atom is -0.480 e. The average Bonchev–Trinajstić information content (AvgIpc) is 2.37. The second-order valence-corrected chi connectivity index (χ2v) is 4.70. The smallest absolute Gasteiger partial charge is 0.326 e. The van der Waals surface area contributed by atoms with Gasteiger partial charge in [0.25, 0.3) is 0 Å². The molecule has 2 rings (SSSR count). The Morgan fingerprint density at radius 2 is 2.22 bits per heavy atom. The van der Waals surface area contributed by atoms with Crippen LogP contribution < -0.4 is 4.90 Å². The molecule has 1 aromatic rings. The molecule has 0 saturated heterocycles. The Morgan fingerprint density at radius 3 is 2.89 bits per heavy atom. The number of hydrogen-bond donors (Lipinski definition) is 2. The predicted molar refractivity (Wildman–Crippen MR) is 69.7 cm³/mol. The van der Waals surface area contributed by atoms with Crippen molar-refractivity contribution < 1.29 is 15.0 Å². The van der Waals surface area contributed by atoms with Crippen LogP contribution in [0.15, 0.2) is 24.3 Å². The first-order chi connectivity index (χ1) is 8.65. The van der Waals surface area contributed by atoms with Crippen LogP contribution in [-0.2, 0) is 4.79 Å². The molecule has 0 radical (unpaired) electrons. The van der Waals surface area contributed by atoms with Crippen LogP contribution in [0, 0.1) is 0 Å². The normalized spacial score (nSPS) is 20.3. The van der Waals surface area contributed by atoms with Crippen LogP contribution >= 0.6 is 0 Å². The van der Waals surface area contributed by atoms with Gasteiger partial charge in [0.2, 0.25) is 0 Å². The first-order valence-electron chi connectivity index (χ1n) is 6.41. The Bertz CT molecular complexity index is 433. The van der Waals surface area contributed by atoms with E-state index in [0.29, 0.717) is 19.4 Å². The molecule has 4 heteroatoms. The van der Waals surface area contributed by atoms with Crippen LogP contribution in [0.4, 0.5) is 5.69 Å². The fourth-order valence-electron chi connectivity index (χ4n) is 2.58. The lowest BCUT2D eigenvalue weighted by Crippen LogP contribution is -2.44. The highest BCUT2D eigenvalue weighted by Crippen LogP contribution is 2.35. The van der Waals surface area contributed by atoms with E-state index in [9.17, 15) is 15.0 Å². The van der Waals surface area contributed by atoms with Crippen molar-refractivity contribution in [1.29, 1.82) is 0 Å². The molecular formula is C14H19NO3. The van der Waals surface area contributed by atoms with Crippen molar-refractivity contribution in [2.45, 2.75) is 38.3 Å². The highest BCUT2D eigenvalue weighted by atomic mass is 16.4. The highest BCUT2D eigenvalue weighted by molar-refractivity contribution is 5.79. The third-order valence-electron chi connectivity index (χ3n) is 3.47. The van der Waals surface area contributed by atoms with E-state index in [-0.39, 0.29) is 0 Å². The number of aliphatic hydroxyl groups is 1. The van der Waals surface area contributed by atoms with Gasteiger partial charge < -0.3 is 15.1 Å². The maximum atomic E-state index is 11.4. The van der Waals surface area contributed by atoms with Gasteiger partial charge in [-0.15, -0.1) is 0 Å². The third kappa shape index (κ3) is 2.34. The largest absolute Gasteiger partial charge is 0.480 e. The Balaban J connectivity index is 2.35. The van der Waals surface area contributed by atoms with Crippen LogP contribution in [0.1, 0.15) is 37.9 Å². The molecule has 1 aromatic carbocycles. The summed E-state index contributed by atoms with van der Waals surface area (Å²) in [6.45, 7) is 2.58. The number of carboxylic acid groups (broad SMARTS) is 1. The van der Waals surface area contributed by atoms with Crippen molar-refractivity contribution in [2.75, 3.05) is 11.4 Å². The van der Waals surface area contributed by atoms with E-state index in [2.05, 4.69) is 0 Å². The lowest BCUT2D eigenvalue weighted by molar-refractivity contribution is -0.138. The van der Waals surface area contributed by atoms with Gasteiger partial charge in [-0.1, -0.05) is 31.5 Å². The summed E-state index contributed by atoms with van der Waals surface area (Å²) in [4.78, 5) is 13.3. The molecule has 0 aromatic heterocycles. The summed E-state index contributed by atoms with van der Waals surface area (Å²) in [7, 11) is 0. The van der Waals surface area contributed by atoms with Gasteiger partial charge in [-0.2, -0.15) is 0 Å². The predicted octanol–water partition coefficient (Wildman–Crippen LogP) is 2.18. The van der Waals surface area contributed by atoms with Crippen molar-refractivity contribution in [2.24, 2.45) is 0 Å². The van der Waals surface area contributed by atoms with Crippen molar-refractivity contribution in [1.82, 2.24) is 0 Å². The molecule has 18 heavy (non-hydrogen) atoms. The number of nitrogens with zero attached hydrogens (tertiary/aromatic N) is 1. The molecule has 1 aliphatic heterocycles. The molecule has 1 aliphatic rings. The molecule has 2 N–H and O–H groups in total. The molecule has 0 amide bonds. The van der Waals surface area contributed by atoms with Gasteiger partial charge in [0.1, 0.15) is 6.04 Å². The number of carbonyl (C=O) groups is 1. The van der Waals surface area contributed by atoms with Gasteiger partial charge in [-0.25, -0.2) is 4.79 Å². The molecule has 1 heterocycles. The molecule has 2 atom stereocenters. The quantitative estimate of drug-likeness (QED) is 0.858.